The van der Waals surface area contributed by atoms with E-state index in [9.17, 15) is 4.79 Å². The van der Waals surface area contributed by atoms with Crippen molar-refractivity contribution in [2.75, 3.05) is 5.73 Å². The van der Waals surface area contributed by atoms with E-state index in [1.54, 1.807) is 19.2 Å². The molecule has 2 aromatic rings. The van der Waals surface area contributed by atoms with Crippen molar-refractivity contribution in [3.05, 3.63) is 39.1 Å². The summed E-state index contributed by atoms with van der Waals surface area (Å²) in [5.41, 5.74) is 6.83. The third-order valence-electron chi connectivity index (χ3n) is 2.26. The van der Waals surface area contributed by atoms with Gasteiger partial charge in [-0.2, -0.15) is 0 Å². The molecule has 1 aromatic heterocycles. The van der Waals surface area contributed by atoms with Crippen molar-refractivity contribution >= 4 is 39.0 Å². The van der Waals surface area contributed by atoms with Gasteiger partial charge in [0, 0.05) is 12.6 Å². The van der Waals surface area contributed by atoms with Gasteiger partial charge in [0.05, 0.1) is 10.7 Å². The summed E-state index contributed by atoms with van der Waals surface area (Å²) < 4.78 is 1.80. The standard InChI is InChI=1S/C10H8BrClN4O/c1-16-8(10(11)14-15-16)9(17)5-2-3-6(12)7(13)4-5/h2-4H,13H2,1H3. The number of ketones is 1. The molecule has 2 rings (SSSR count). The summed E-state index contributed by atoms with van der Waals surface area (Å²) in [5, 5.41) is 7.92. The van der Waals surface area contributed by atoms with Crippen molar-refractivity contribution in [2.24, 2.45) is 7.05 Å². The minimum absolute atomic E-state index is 0.215. The Labute approximate surface area is 111 Å². The second kappa shape index (κ2) is 4.46. The van der Waals surface area contributed by atoms with Crippen LogP contribution in [0.3, 0.4) is 0 Å². The van der Waals surface area contributed by atoms with Gasteiger partial charge < -0.3 is 5.73 Å². The fourth-order valence-electron chi connectivity index (χ4n) is 1.39. The van der Waals surface area contributed by atoms with Gasteiger partial charge in [-0.15, -0.1) is 5.10 Å². The largest absolute Gasteiger partial charge is 0.398 e. The molecule has 0 radical (unpaired) electrons. The van der Waals surface area contributed by atoms with Crippen LogP contribution in [0.1, 0.15) is 16.1 Å². The Kier molecular flexibility index (Phi) is 3.17. The summed E-state index contributed by atoms with van der Waals surface area (Å²) in [4.78, 5) is 12.2. The number of anilines is 1. The molecule has 1 aromatic carbocycles. The van der Waals surface area contributed by atoms with Crippen LogP contribution in [-0.4, -0.2) is 20.8 Å². The van der Waals surface area contributed by atoms with Crippen molar-refractivity contribution in [3.8, 4) is 0 Å². The zero-order valence-corrected chi connectivity index (χ0v) is 11.2. The van der Waals surface area contributed by atoms with Gasteiger partial charge in [0.2, 0.25) is 5.78 Å². The number of rotatable bonds is 2. The second-order valence-electron chi connectivity index (χ2n) is 3.42. The van der Waals surface area contributed by atoms with E-state index in [-0.39, 0.29) is 5.78 Å². The van der Waals surface area contributed by atoms with Gasteiger partial charge in [-0.3, -0.25) is 4.79 Å². The van der Waals surface area contributed by atoms with Crippen molar-refractivity contribution in [2.45, 2.75) is 0 Å². The third-order valence-corrected chi connectivity index (χ3v) is 3.14. The molecule has 0 aliphatic carbocycles. The number of aromatic nitrogens is 3. The first-order valence-electron chi connectivity index (χ1n) is 4.65. The molecule has 7 heteroatoms. The molecule has 1 heterocycles. The Hall–Kier alpha value is -1.40. The Bertz CT molecular complexity index is 576. The molecule has 0 saturated heterocycles. The molecule has 0 spiro atoms. The van der Waals surface area contributed by atoms with E-state index < -0.39 is 0 Å². The van der Waals surface area contributed by atoms with Gasteiger partial charge in [-0.25, -0.2) is 4.68 Å². The fraction of sp³-hybridized carbons (Fsp3) is 0.100. The van der Waals surface area contributed by atoms with Crippen molar-refractivity contribution in [3.63, 3.8) is 0 Å². The highest BCUT2D eigenvalue weighted by Crippen LogP contribution is 2.23. The first-order valence-corrected chi connectivity index (χ1v) is 5.82. The molecule has 2 N–H and O–H groups in total. The lowest BCUT2D eigenvalue weighted by Crippen LogP contribution is -2.09. The van der Waals surface area contributed by atoms with Crippen molar-refractivity contribution in [1.29, 1.82) is 0 Å². The maximum atomic E-state index is 12.2. The maximum Gasteiger partial charge on any atom is 0.213 e. The normalized spacial score (nSPS) is 10.5. The number of nitrogens with two attached hydrogens (primary N) is 1. The number of halogens is 2. The number of nitrogen functional groups attached to an aromatic ring is 1. The highest BCUT2D eigenvalue weighted by molar-refractivity contribution is 9.10. The monoisotopic (exact) mass is 314 g/mol. The molecular weight excluding hydrogens is 307 g/mol. The molecule has 0 bridgehead atoms. The Morgan fingerprint density at radius 2 is 2.24 bits per heavy atom. The fourth-order valence-corrected chi connectivity index (χ4v) is 2.02. The summed E-state index contributed by atoms with van der Waals surface area (Å²) >= 11 is 8.97. The van der Waals surface area contributed by atoms with Crippen molar-refractivity contribution in [1.82, 2.24) is 15.0 Å². The highest BCUT2D eigenvalue weighted by Gasteiger charge is 2.19. The van der Waals surface area contributed by atoms with Crippen LogP contribution in [0.25, 0.3) is 0 Å². The van der Waals surface area contributed by atoms with E-state index in [1.807, 2.05) is 0 Å². The molecule has 5 nitrogen and oxygen atoms in total. The lowest BCUT2D eigenvalue weighted by molar-refractivity contribution is 0.102. The number of carbonyl (C=O) groups is 1. The summed E-state index contributed by atoms with van der Waals surface area (Å²) in [5.74, 6) is -0.215. The third kappa shape index (κ3) is 2.18. The van der Waals surface area contributed by atoms with E-state index in [1.165, 1.54) is 10.7 Å². The lowest BCUT2D eigenvalue weighted by atomic mass is 10.1. The number of nitrogens with zero attached hydrogens (tertiary/aromatic N) is 3. The maximum absolute atomic E-state index is 12.2. The number of aryl methyl sites for hydroxylation is 1. The van der Waals surface area contributed by atoms with Crippen LogP contribution in [0.15, 0.2) is 22.8 Å². The molecule has 0 fully saturated rings. The average molecular weight is 316 g/mol. The van der Waals surface area contributed by atoms with E-state index in [0.717, 1.165) is 0 Å². The zero-order valence-electron chi connectivity index (χ0n) is 8.82. The number of hydrogen-bond acceptors (Lipinski definition) is 4. The van der Waals surface area contributed by atoms with Gasteiger partial charge in [0.1, 0.15) is 5.69 Å². The molecule has 88 valence electrons. The van der Waals surface area contributed by atoms with E-state index in [0.29, 0.717) is 26.6 Å². The molecule has 0 saturated carbocycles. The number of hydrogen-bond donors (Lipinski definition) is 1. The summed E-state index contributed by atoms with van der Waals surface area (Å²) in [7, 11) is 1.64. The van der Waals surface area contributed by atoms with Gasteiger partial charge >= 0.3 is 0 Å². The first-order chi connectivity index (χ1) is 8.00. The molecule has 17 heavy (non-hydrogen) atoms. The first kappa shape index (κ1) is 12.1. The van der Waals surface area contributed by atoms with Crippen LogP contribution in [0.5, 0.6) is 0 Å². The SMILES string of the molecule is Cn1nnc(Br)c1C(=O)c1ccc(Cl)c(N)c1. The van der Waals surface area contributed by atoms with Crippen LogP contribution in [-0.2, 0) is 7.05 Å². The Balaban J connectivity index is 2.48. The topological polar surface area (TPSA) is 73.8 Å². The highest BCUT2D eigenvalue weighted by atomic mass is 79.9. The summed E-state index contributed by atoms with van der Waals surface area (Å²) in [6.07, 6.45) is 0. The predicted octanol–water partition coefficient (Wildman–Crippen LogP) is 2.04. The molecule has 0 unspecified atom stereocenters. The van der Waals surface area contributed by atoms with Gasteiger partial charge in [-0.05, 0) is 34.1 Å². The lowest BCUT2D eigenvalue weighted by Gasteiger charge is -2.03. The van der Waals surface area contributed by atoms with E-state index in [4.69, 9.17) is 17.3 Å². The van der Waals surface area contributed by atoms with Gasteiger partial charge in [0.25, 0.3) is 0 Å². The molecule has 0 atom stereocenters. The minimum atomic E-state index is -0.215. The van der Waals surface area contributed by atoms with Crippen LogP contribution >= 0.6 is 27.5 Å². The Morgan fingerprint density at radius 3 is 2.76 bits per heavy atom. The number of carbonyl (C=O) groups excluding carboxylic acids is 1. The minimum Gasteiger partial charge on any atom is -0.398 e. The second-order valence-corrected chi connectivity index (χ2v) is 4.58. The quantitative estimate of drug-likeness (QED) is 0.680. The average Bonchev–Trinajstić information content (AvgIpc) is 2.62. The van der Waals surface area contributed by atoms with Gasteiger partial charge in [-0.1, -0.05) is 16.8 Å². The van der Waals surface area contributed by atoms with Gasteiger partial charge in [0.15, 0.2) is 4.60 Å². The van der Waals surface area contributed by atoms with Crippen molar-refractivity contribution < 1.29 is 4.79 Å². The van der Waals surface area contributed by atoms with Crippen LogP contribution < -0.4 is 5.73 Å². The number of benzene rings is 1. The predicted molar refractivity (Wildman–Crippen MR) is 68.0 cm³/mol. The van der Waals surface area contributed by atoms with Crippen LogP contribution in [0, 0.1) is 0 Å². The smallest absolute Gasteiger partial charge is 0.213 e. The van der Waals surface area contributed by atoms with Crippen LogP contribution in [0.2, 0.25) is 5.02 Å². The van der Waals surface area contributed by atoms with Crippen LogP contribution in [0.4, 0.5) is 5.69 Å². The summed E-state index contributed by atoms with van der Waals surface area (Å²) in [6.45, 7) is 0. The molecule has 0 amide bonds. The summed E-state index contributed by atoms with van der Waals surface area (Å²) in [6, 6.07) is 4.73. The van der Waals surface area contributed by atoms with E-state index in [2.05, 4.69) is 26.2 Å². The molecule has 0 aliphatic rings. The zero-order chi connectivity index (χ0) is 12.6. The molecule has 0 aliphatic heterocycles. The molecular formula is C10H8BrClN4O. The van der Waals surface area contributed by atoms with E-state index >= 15 is 0 Å². The Morgan fingerprint density at radius 1 is 1.53 bits per heavy atom.